The molecule has 0 bridgehead atoms. The van der Waals surface area contributed by atoms with E-state index in [0.29, 0.717) is 15.7 Å². The summed E-state index contributed by atoms with van der Waals surface area (Å²) in [6.45, 7) is 1.62. The minimum Gasteiger partial charge on any atom is -0.351 e. The average Bonchev–Trinajstić information content (AvgIpc) is 3.38. The van der Waals surface area contributed by atoms with Crippen LogP contribution in [0.4, 0.5) is 0 Å². The third-order valence-electron chi connectivity index (χ3n) is 6.24. The SMILES string of the molecule is CN1CCc2nc(C(=O)N[C@@H]3CS(=O)(=O)CC[C@@H]3NC(=O)c3cc4cc(Cl)ccc4[nH]3)sc2C1. The lowest BCUT2D eigenvalue weighted by Gasteiger charge is -2.32. The van der Waals surface area contributed by atoms with Crippen molar-refractivity contribution in [3.05, 3.63) is 50.6 Å². The Bertz CT molecular complexity index is 1380. The van der Waals surface area contributed by atoms with Crippen LogP contribution in [0.25, 0.3) is 10.9 Å². The van der Waals surface area contributed by atoms with Crippen LogP contribution >= 0.6 is 22.9 Å². The molecule has 0 aliphatic carbocycles. The first-order valence-electron chi connectivity index (χ1n) is 10.9. The Balaban J connectivity index is 1.32. The largest absolute Gasteiger partial charge is 0.351 e. The molecule has 1 aromatic carbocycles. The number of carbonyl (C=O) groups excluding carboxylic acids is 2. The molecule has 3 aromatic rings. The Morgan fingerprint density at radius 3 is 2.82 bits per heavy atom. The van der Waals surface area contributed by atoms with Crippen molar-refractivity contribution in [1.82, 2.24) is 25.5 Å². The Morgan fingerprint density at radius 2 is 2.00 bits per heavy atom. The molecule has 4 heterocycles. The molecule has 0 saturated carbocycles. The number of likely N-dealkylation sites (N-methyl/N-ethyl adjacent to an activating group) is 1. The molecule has 34 heavy (non-hydrogen) atoms. The van der Waals surface area contributed by atoms with Gasteiger partial charge in [0.1, 0.15) is 5.69 Å². The van der Waals surface area contributed by atoms with E-state index in [9.17, 15) is 18.0 Å². The maximum Gasteiger partial charge on any atom is 0.280 e. The molecule has 2 aromatic heterocycles. The monoisotopic (exact) mass is 521 g/mol. The molecule has 2 aliphatic rings. The Morgan fingerprint density at radius 1 is 1.21 bits per heavy atom. The van der Waals surface area contributed by atoms with E-state index in [1.165, 1.54) is 11.3 Å². The van der Waals surface area contributed by atoms with Crippen LogP contribution < -0.4 is 10.6 Å². The van der Waals surface area contributed by atoms with Gasteiger partial charge in [-0.25, -0.2) is 13.4 Å². The third-order valence-corrected chi connectivity index (χ3v) is 9.28. The third kappa shape index (κ3) is 4.83. The average molecular weight is 522 g/mol. The summed E-state index contributed by atoms with van der Waals surface area (Å²) in [4.78, 5) is 36.7. The Hall–Kier alpha value is -2.47. The first-order valence-corrected chi connectivity index (χ1v) is 14.0. The van der Waals surface area contributed by atoms with Crippen molar-refractivity contribution >= 4 is 55.5 Å². The summed E-state index contributed by atoms with van der Waals surface area (Å²) in [6, 6.07) is 5.69. The molecule has 180 valence electrons. The van der Waals surface area contributed by atoms with Crippen LogP contribution in [-0.2, 0) is 22.8 Å². The maximum absolute atomic E-state index is 13.0. The predicted molar refractivity (Wildman–Crippen MR) is 131 cm³/mol. The molecular weight excluding hydrogens is 498 g/mol. The van der Waals surface area contributed by atoms with Gasteiger partial charge in [-0.2, -0.15) is 0 Å². The van der Waals surface area contributed by atoms with Crippen molar-refractivity contribution in [2.75, 3.05) is 25.1 Å². The number of nitrogens with zero attached hydrogens (tertiary/aromatic N) is 2. The fourth-order valence-electron chi connectivity index (χ4n) is 4.42. The molecule has 0 spiro atoms. The van der Waals surface area contributed by atoms with Gasteiger partial charge in [-0.3, -0.25) is 9.59 Å². The molecule has 5 rings (SSSR count). The molecule has 1 fully saturated rings. The number of hydrogen-bond donors (Lipinski definition) is 3. The number of thiazole rings is 1. The minimum atomic E-state index is -3.34. The summed E-state index contributed by atoms with van der Waals surface area (Å²) in [5.41, 5.74) is 2.03. The molecule has 9 nitrogen and oxygen atoms in total. The second-order valence-corrected chi connectivity index (χ2v) is 12.6. The van der Waals surface area contributed by atoms with E-state index in [1.807, 2.05) is 7.05 Å². The normalized spacial score (nSPS) is 22.3. The second kappa shape index (κ2) is 8.95. The molecule has 2 aliphatic heterocycles. The standard InChI is InChI=1S/C22H24ClN5O4S2/c1-28-6-4-16-19(10-28)33-22(27-16)21(30)26-18-11-34(31,32)7-5-15(18)25-20(29)17-9-12-8-13(23)2-3-14(12)24-17/h2-3,8-9,15,18,24H,4-7,10-11H2,1H3,(H,25,29)(H,26,30)/t15-,18+/m0/s1. The minimum absolute atomic E-state index is 0.0511. The van der Waals surface area contributed by atoms with Gasteiger partial charge in [-0.1, -0.05) is 11.6 Å². The van der Waals surface area contributed by atoms with Gasteiger partial charge in [0.15, 0.2) is 14.8 Å². The number of halogens is 1. The molecule has 2 atom stereocenters. The zero-order valence-electron chi connectivity index (χ0n) is 18.4. The van der Waals surface area contributed by atoms with Crippen molar-refractivity contribution in [2.45, 2.75) is 31.5 Å². The van der Waals surface area contributed by atoms with Crippen LogP contribution in [0.3, 0.4) is 0 Å². The van der Waals surface area contributed by atoms with Gasteiger partial charge in [-0.15, -0.1) is 11.3 Å². The topological polar surface area (TPSA) is 124 Å². The number of benzene rings is 1. The van der Waals surface area contributed by atoms with Gasteiger partial charge >= 0.3 is 0 Å². The molecule has 3 N–H and O–H groups in total. The van der Waals surface area contributed by atoms with Crippen molar-refractivity contribution in [3.63, 3.8) is 0 Å². The number of fused-ring (bicyclic) bond motifs is 2. The van der Waals surface area contributed by atoms with Gasteiger partial charge in [-0.05, 0) is 37.7 Å². The van der Waals surface area contributed by atoms with E-state index >= 15 is 0 Å². The highest BCUT2D eigenvalue weighted by molar-refractivity contribution is 7.91. The van der Waals surface area contributed by atoms with E-state index in [0.717, 1.165) is 41.0 Å². The summed E-state index contributed by atoms with van der Waals surface area (Å²) >= 11 is 7.36. The van der Waals surface area contributed by atoms with Crippen molar-refractivity contribution < 1.29 is 18.0 Å². The van der Waals surface area contributed by atoms with Gasteiger partial charge in [0.05, 0.1) is 29.3 Å². The van der Waals surface area contributed by atoms with E-state index in [1.54, 1.807) is 24.3 Å². The molecule has 0 unspecified atom stereocenters. The number of hydrogen-bond acceptors (Lipinski definition) is 7. The van der Waals surface area contributed by atoms with Crippen molar-refractivity contribution in [2.24, 2.45) is 0 Å². The highest BCUT2D eigenvalue weighted by atomic mass is 35.5. The van der Waals surface area contributed by atoms with E-state index in [4.69, 9.17) is 11.6 Å². The Labute approximate surface area is 205 Å². The predicted octanol–water partition coefficient (Wildman–Crippen LogP) is 1.98. The zero-order valence-corrected chi connectivity index (χ0v) is 20.8. The summed E-state index contributed by atoms with van der Waals surface area (Å²) in [5.74, 6) is -1.07. The summed E-state index contributed by atoms with van der Waals surface area (Å²) in [5, 5.41) is 7.41. The lowest BCUT2D eigenvalue weighted by Crippen LogP contribution is -2.58. The van der Waals surface area contributed by atoms with Crippen LogP contribution in [0, 0.1) is 0 Å². The highest BCUT2D eigenvalue weighted by Gasteiger charge is 2.36. The molecular formula is C22H24ClN5O4S2. The van der Waals surface area contributed by atoms with Crippen molar-refractivity contribution in [1.29, 1.82) is 0 Å². The summed E-state index contributed by atoms with van der Waals surface area (Å²) in [7, 11) is -1.32. The molecule has 12 heteroatoms. The van der Waals surface area contributed by atoms with E-state index in [-0.39, 0.29) is 23.8 Å². The van der Waals surface area contributed by atoms with Crippen LogP contribution in [0.2, 0.25) is 5.02 Å². The number of H-pyrrole nitrogens is 1. The number of amides is 2. The molecule has 2 amide bonds. The number of aromatic nitrogens is 2. The number of carbonyl (C=O) groups is 2. The quantitative estimate of drug-likeness (QED) is 0.482. The smallest absolute Gasteiger partial charge is 0.280 e. The number of nitrogens with one attached hydrogen (secondary N) is 3. The van der Waals surface area contributed by atoms with Crippen LogP contribution in [-0.4, -0.2) is 72.3 Å². The second-order valence-electron chi connectivity index (χ2n) is 8.85. The first kappa shape index (κ1) is 23.3. The van der Waals surface area contributed by atoms with Gasteiger partial charge in [0, 0.05) is 40.3 Å². The van der Waals surface area contributed by atoms with E-state index in [2.05, 4.69) is 25.5 Å². The van der Waals surface area contributed by atoms with Crippen LogP contribution in [0.1, 0.15) is 37.3 Å². The lowest BCUT2D eigenvalue weighted by molar-refractivity contribution is 0.0882. The fourth-order valence-corrected chi connectivity index (χ4v) is 7.33. The van der Waals surface area contributed by atoms with Crippen LogP contribution in [0.5, 0.6) is 0 Å². The number of aromatic amines is 1. The van der Waals surface area contributed by atoms with Gasteiger partial charge in [0.25, 0.3) is 11.8 Å². The maximum atomic E-state index is 13.0. The molecule has 0 radical (unpaired) electrons. The van der Waals surface area contributed by atoms with Crippen molar-refractivity contribution in [3.8, 4) is 0 Å². The fraction of sp³-hybridized carbons (Fsp3) is 0.409. The van der Waals surface area contributed by atoms with Crippen LogP contribution in [0.15, 0.2) is 24.3 Å². The van der Waals surface area contributed by atoms with Gasteiger partial charge in [0.2, 0.25) is 0 Å². The Kier molecular flexibility index (Phi) is 6.13. The lowest BCUT2D eigenvalue weighted by atomic mass is 10.1. The summed E-state index contributed by atoms with van der Waals surface area (Å²) in [6.07, 6.45) is 0.992. The highest BCUT2D eigenvalue weighted by Crippen LogP contribution is 2.25. The number of sulfone groups is 1. The first-order chi connectivity index (χ1) is 16.2. The van der Waals surface area contributed by atoms with E-state index < -0.39 is 27.8 Å². The summed E-state index contributed by atoms with van der Waals surface area (Å²) < 4.78 is 24.6. The molecule has 1 saturated heterocycles. The number of rotatable bonds is 4. The van der Waals surface area contributed by atoms with Gasteiger partial charge < -0.3 is 20.5 Å². The zero-order chi connectivity index (χ0) is 24.0.